The lowest BCUT2D eigenvalue weighted by atomic mass is 10.0. The lowest BCUT2D eigenvalue weighted by Gasteiger charge is -2.31. The summed E-state index contributed by atoms with van der Waals surface area (Å²) < 4.78 is 0. The maximum Gasteiger partial charge on any atom is 0.0992 e. The van der Waals surface area contributed by atoms with Gasteiger partial charge in [0.15, 0.2) is 0 Å². The number of nitrogens with zero attached hydrogens (tertiary/aromatic N) is 2. The Morgan fingerprint density at radius 2 is 2.00 bits per heavy atom. The zero-order valence-corrected chi connectivity index (χ0v) is 10.2. The summed E-state index contributed by atoms with van der Waals surface area (Å²) in [5.41, 5.74) is 2.61. The third kappa shape index (κ3) is 2.59. The average molecular weight is 230 g/mol. The molecule has 3 heteroatoms. The molecule has 1 heterocycles. The number of anilines is 1. The van der Waals surface area contributed by atoms with E-state index in [0.29, 0.717) is 5.56 Å². The Morgan fingerprint density at radius 3 is 2.59 bits per heavy atom. The Hall–Kier alpha value is -1.53. The fourth-order valence-electron chi connectivity index (χ4n) is 2.38. The Balaban J connectivity index is 2.37. The molecule has 0 unspecified atom stereocenters. The Bertz CT molecular complexity index is 428. The molecular formula is C14H18N2O. The fourth-order valence-corrected chi connectivity index (χ4v) is 2.38. The molecule has 0 bridgehead atoms. The van der Waals surface area contributed by atoms with Gasteiger partial charge in [-0.05, 0) is 38.3 Å². The Kier molecular flexibility index (Phi) is 3.65. The third-order valence-corrected chi connectivity index (χ3v) is 3.31. The number of benzene rings is 1. The average Bonchev–Trinajstić information content (AvgIpc) is 2.39. The van der Waals surface area contributed by atoms with Crippen molar-refractivity contribution in [3.05, 3.63) is 29.3 Å². The first-order chi connectivity index (χ1) is 8.22. The molecule has 0 aliphatic carbocycles. The standard InChI is InChI=1S/C14H18N2O/c1-11(17)13-6-5-12(10-15)9-14(13)16-7-3-2-4-8-16/h5-6,9,11,17H,2-4,7-8H2,1H3/t11-/m0/s1. The van der Waals surface area contributed by atoms with E-state index in [9.17, 15) is 5.11 Å². The van der Waals surface area contributed by atoms with E-state index in [2.05, 4.69) is 11.0 Å². The number of aliphatic hydroxyl groups is 1. The number of hydrogen-bond acceptors (Lipinski definition) is 3. The second-order valence-electron chi connectivity index (χ2n) is 4.61. The highest BCUT2D eigenvalue weighted by molar-refractivity contribution is 5.58. The van der Waals surface area contributed by atoms with Crippen LogP contribution in [0.2, 0.25) is 0 Å². The van der Waals surface area contributed by atoms with E-state index in [0.717, 1.165) is 24.3 Å². The van der Waals surface area contributed by atoms with E-state index >= 15 is 0 Å². The molecule has 3 nitrogen and oxygen atoms in total. The molecule has 0 saturated carbocycles. The van der Waals surface area contributed by atoms with Gasteiger partial charge in [0.2, 0.25) is 0 Å². The van der Waals surface area contributed by atoms with Gasteiger partial charge < -0.3 is 10.0 Å². The number of hydrogen-bond donors (Lipinski definition) is 1. The van der Waals surface area contributed by atoms with Crippen LogP contribution >= 0.6 is 0 Å². The van der Waals surface area contributed by atoms with Gasteiger partial charge in [-0.25, -0.2) is 0 Å². The first kappa shape index (κ1) is 11.9. The lowest BCUT2D eigenvalue weighted by molar-refractivity contribution is 0.199. The van der Waals surface area contributed by atoms with E-state index < -0.39 is 6.10 Å². The molecule has 90 valence electrons. The predicted molar refractivity (Wildman–Crippen MR) is 67.9 cm³/mol. The predicted octanol–water partition coefficient (Wildman–Crippen LogP) is 2.60. The number of nitriles is 1. The van der Waals surface area contributed by atoms with E-state index in [-0.39, 0.29) is 0 Å². The van der Waals surface area contributed by atoms with Crippen molar-refractivity contribution < 1.29 is 5.11 Å². The third-order valence-electron chi connectivity index (χ3n) is 3.31. The summed E-state index contributed by atoms with van der Waals surface area (Å²) in [7, 11) is 0. The Morgan fingerprint density at radius 1 is 1.29 bits per heavy atom. The van der Waals surface area contributed by atoms with Crippen molar-refractivity contribution in [1.29, 1.82) is 5.26 Å². The Labute approximate surface area is 102 Å². The first-order valence-corrected chi connectivity index (χ1v) is 6.19. The van der Waals surface area contributed by atoms with Crippen LogP contribution in [0.3, 0.4) is 0 Å². The highest BCUT2D eigenvalue weighted by Gasteiger charge is 2.17. The van der Waals surface area contributed by atoms with Gasteiger partial charge in [0.1, 0.15) is 0 Å². The normalized spacial score (nSPS) is 17.6. The maximum absolute atomic E-state index is 9.79. The van der Waals surface area contributed by atoms with Gasteiger partial charge in [0.25, 0.3) is 0 Å². The second-order valence-corrected chi connectivity index (χ2v) is 4.61. The zero-order valence-electron chi connectivity index (χ0n) is 10.2. The summed E-state index contributed by atoms with van der Waals surface area (Å²) in [6.45, 7) is 3.82. The SMILES string of the molecule is C[C@H](O)c1ccc(C#N)cc1N1CCCCC1. The summed E-state index contributed by atoms with van der Waals surface area (Å²) >= 11 is 0. The van der Waals surface area contributed by atoms with Crippen LogP contribution in [-0.4, -0.2) is 18.2 Å². The molecule has 1 aromatic carbocycles. The van der Waals surface area contributed by atoms with Crippen molar-refractivity contribution in [1.82, 2.24) is 0 Å². The summed E-state index contributed by atoms with van der Waals surface area (Å²) in [6, 6.07) is 7.70. The van der Waals surface area contributed by atoms with Crippen LogP contribution in [0.25, 0.3) is 0 Å². The second kappa shape index (κ2) is 5.20. The lowest BCUT2D eigenvalue weighted by Crippen LogP contribution is -2.30. The molecule has 1 saturated heterocycles. The molecule has 17 heavy (non-hydrogen) atoms. The fraction of sp³-hybridized carbons (Fsp3) is 0.500. The molecule has 0 radical (unpaired) electrons. The molecule has 1 N–H and O–H groups in total. The highest BCUT2D eigenvalue weighted by atomic mass is 16.3. The number of rotatable bonds is 2. The molecule has 1 aliphatic heterocycles. The van der Waals surface area contributed by atoms with E-state index in [4.69, 9.17) is 5.26 Å². The van der Waals surface area contributed by atoms with Crippen LogP contribution in [0, 0.1) is 11.3 Å². The largest absolute Gasteiger partial charge is 0.389 e. The quantitative estimate of drug-likeness (QED) is 0.849. The molecule has 0 amide bonds. The smallest absolute Gasteiger partial charge is 0.0992 e. The first-order valence-electron chi connectivity index (χ1n) is 6.19. The van der Waals surface area contributed by atoms with Crippen LogP contribution < -0.4 is 4.90 Å². The summed E-state index contributed by atoms with van der Waals surface area (Å²) in [6.07, 6.45) is 3.17. The minimum Gasteiger partial charge on any atom is -0.389 e. The van der Waals surface area contributed by atoms with Gasteiger partial charge in [0.05, 0.1) is 17.7 Å². The van der Waals surface area contributed by atoms with Crippen molar-refractivity contribution in [2.45, 2.75) is 32.3 Å². The molecule has 1 aromatic rings. The van der Waals surface area contributed by atoms with E-state index in [1.54, 1.807) is 13.0 Å². The van der Waals surface area contributed by atoms with Crippen molar-refractivity contribution in [2.75, 3.05) is 18.0 Å². The van der Waals surface area contributed by atoms with Gasteiger partial charge in [0, 0.05) is 24.3 Å². The van der Waals surface area contributed by atoms with Crippen molar-refractivity contribution >= 4 is 5.69 Å². The minimum atomic E-state index is -0.486. The minimum absolute atomic E-state index is 0.486. The van der Waals surface area contributed by atoms with Gasteiger partial charge in [-0.15, -0.1) is 0 Å². The molecule has 1 atom stereocenters. The molecule has 1 aliphatic rings. The van der Waals surface area contributed by atoms with Crippen LogP contribution in [0.4, 0.5) is 5.69 Å². The summed E-state index contributed by atoms with van der Waals surface area (Å²) in [5, 5.41) is 18.7. The molecule has 0 aromatic heterocycles. The van der Waals surface area contributed by atoms with E-state index in [1.807, 2.05) is 12.1 Å². The topological polar surface area (TPSA) is 47.3 Å². The van der Waals surface area contributed by atoms with Gasteiger partial charge >= 0.3 is 0 Å². The maximum atomic E-state index is 9.79. The molecule has 0 spiro atoms. The van der Waals surface area contributed by atoms with E-state index in [1.165, 1.54) is 19.3 Å². The van der Waals surface area contributed by atoms with Crippen molar-refractivity contribution in [2.24, 2.45) is 0 Å². The highest BCUT2D eigenvalue weighted by Crippen LogP contribution is 2.29. The van der Waals surface area contributed by atoms with Gasteiger partial charge in [-0.2, -0.15) is 5.26 Å². The van der Waals surface area contributed by atoms with Gasteiger partial charge in [-0.1, -0.05) is 6.07 Å². The summed E-state index contributed by atoms with van der Waals surface area (Å²) in [4.78, 5) is 2.28. The van der Waals surface area contributed by atoms with Crippen LogP contribution in [0.5, 0.6) is 0 Å². The molecule has 2 rings (SSSR count). The zero-order chi connectivity index (χ0) is 12.3. The molecule has 1 fully saturated rings. The van der Waals surface area contributed by atoms with Crippen molar-refractivity contribution in [3.8, 4) is 6.07 Å². The van der Waals surface area contributed by atoms with Gasteiger partial charge in [-0.3, -0.25) is 0 Å². The summed E-state index contributed by atoms with van der Waals surface area (Å²) in [5.74, 6) is 0. The van der Waals surface area contributed by atoms with Crippen LogP contribution in [0.15, 0.2) is 18.2 Å². The number of piperidine rings is 1. The van der Waals surface area contributed by atoms with Crippen LogP contribution in [0.1, 0.15) is 43.4 Å². The molecular weight excluding hydrogens is 212 g/mol. The monoisotopic (exact) mass is 230 g/mol. The van der Waals surface area contributed by atoms with Crippen LogP contribution in [-0.2, 0) is 0 Å². The number of aliphatic hydroxyl groups excluding tert-OH is 1. The van der Waals surface area contributed by atoms with Crippen molar-refractivity contribution in [3.63, 3.8) is 0 Å².